The second-order valence-corrected chi connectivity index (χ2v) is 11.7. The van der Waals surface area contributed by atoms with Gasteiger partial charge in [-0.25, -0.2) is 4.79 Å². The van der Waals surface area contributed by atoms with Crippen LogP contribution in [-0.4, -0.2) is 65.1 Å². The molecule has 0 aliphatic heterocycles. The molecule has 0 aliphatic carbocycles. The number of rotatable bonds is 27. The van der Waals surface area contributed by atoms with Crippen LogP contribution in [0.3, 0.4) is 0 Å². The van der Waals surface area contributed by atoms with Crippen molar-refractivity contribution in [3.05, 3.63) is 33.1 Å². The van der Waals surface area contributed by atoms with Gasteiger partial charge < -0.3 is 24.0 Å². The summed E-state index contributed by atoms with van der Waals surface area (Å²) in [6.07, 6.45) is 16.7. The zero-order valence-corrected chi connectivity index (χ0v) is 24.3. The molecule has 1 aromatic rings. The van der Waals surface area contributed by atoms with Crippen molar-refractivity contribution in [3.8, 4) is 0 Å². The maximum absolute atomic E-state index is 12.1. The Morgan fingerprint density at radius 1 is 0.846 bits per heavy atom. The van der Waals surface area contributed by atoms with Crippen LogP contribution >= 0.6 is 7.60 Å². The molecule has 1 heterocycles. The van der Waals surface area contributed by atoms with Gasteiger partial charge in [-0.2, -0.15) is 0 Å². The highest BCUT2D eigenvalue weighted by Crippen LogP contribution is 2.42. The second kappa shape index (κ2) is 23.4. The minimum absolute atomic E-state index is 0.0411. The summed E-state index contributed by atoms with van der Waals surface area (Å²) in [5.74, 6) is 0. The predicted octanol–water partition coefficient (Wildman–Crippen LogP) is 4.91. The molecule has 0 saturated heterocycles. The Morgan fingerprint density at radius 3 is 1.92 bits per heavy atom. The topological polar surface area (TPSA) is 140 Å². The summed E-state index contributed by atoms with van der Waals surface area (Å²) in [7, 11) is -4.02. The van der Waals surface area contributed by atoms with E-state index in [1.807, 2.05) is 0 Å². The number of aliphatic hydroxyl groups is 1. The van der Waals surface area contributed by atoms with Crippen molar-refractivity contribution in [3.63, 3.8) is 0 Å². The Labute approximate surface area is 231 Å². The van der Waals surface area contributed by atoms with Crippen molar-refractivity contribution in [1.82, 2.24) is 9.55 Å². The number of ether oxygens (including phenoxy) is 2. The summed E-state index contributed by atoms with van der Waals surface area (Å²) in [5.41, 5.74) is -1.21. The van der Waals surface area contributed by atoms with E-state index in [0.29, 0.717) is 19.6 Å². The molecule has 0 aromatic carbocycles. The van der Waals surface area contributed by atoms with E-state index >= 15 is 0 Å². The second-order valence-electron chi connectivity index (χ2n) is 9.94. The first-order chi connectivity index (χ1) is 18.9. The van der Waals surface area contributed by atoms with Crippen molar-refractivity contribution in [1.29, 1.82) is 0 Å². The Morgan fingerprint density at radius 2 is 1.38 bits per heavy atom. The van der Waals surface area contributed by atoms with Crippen molar-refractivity contribution >= 4 is 7.60 Å². The van der Waals surface area contributed by atoms with Gasteiger partial charge in [0.05, 0.1) is 32.5 Å². The molecule has 1 rings (SSSR count). The largest absolute Gasteiger partial charge is 0.394 e. The number of nitrogens with zero attached hydrogens (tertiary/aromatic N) is 1. The van der Waals surface area contributed by atoms with Crippen molar-refractivity contribution in [2.75, 3.05) is 39.5 Å². The lowest BCUT2D eigenvalue weighted by Gasteiger charge is -2.19. The summed E-state index contributed by atoms with van der Waals surface area (Å²) >= 11 is 0. The molecular formula is C27H50FN2O8P. The lowest BCUT2D eigenvalue weighted by atomic mass is 10.0. The molecule has 0 saturated carbocycles. The van der Waals surface area contributed by atoms with Crippen LogP contribution in [0, 0.1) is 0 Å². The molecule has 39 heavy (non-hydrogen) atoms. The lowest BCUT2D eigenvalue weighted by molar-refractivity contribution is 0.0162. The molecule has 1 aromatic heterocycles. The number of aromatic nitrogens is 2. The molecule has 0 bridgehead atoms. The van der Waals surface area contributed by atoms with Gasteiger partial charge in [-0.1, -0.05) is 77.0 Å². The van der Waals surface area contributed by atoms with E-state index in [2.05, 4.69) is 4.98 Å². The molecule has 0 fully saturated rings. The number of aliphatic hydroxyl groups excluding tert-OH is 1. The van der Waals surface area contributed by atoms with Crippen LogP contribution in [0.15, 0.2) is 21.9 Å². The molecule has 0 radical (unpaired) electrons. The molecule has 3 N–H and O–H groups in total. The molecule has 2 unspecified atom stereocenters. The summed E-state index contributed by atoms with van der Waals surface area (Å²) in [6.45, 7) is 0.384. The summed E-state index contributed by atoms with van der Waals surface area (Å²) in [5, 5.41) is 9.43. The SMILES string of the molecule is O=c1ccn(CC(CO)OCP(=O)(O)OCCCOCCCCCCCCCCCCCCCCF)c(=O)[nH]1. The molecule has 2 atom stereocenters. The summed E-state index contributed by atoms with van der Waals surface area (Å²) < 4.78 is 41.2. The highest BCUT2D eigenvalue weighted by Gasteiger charge is 2.22. The standard InChI is InChI=1S/C27H50FN2O8P/c28-17-13-11-9-7-5-3-1-2-4-6-8-10-12-14-19-36-20-15-21-38-39(34,35)24-37-25(23-31)22-30-18-16-26(32)29-27(30)33/h16,18,25,31H,1-15,17,19-24H2,(H,34,35)(H,29,32,33). The van der Waals surface area contributed by atoms with Crippen molar-refractivity contribution in [2.45, 2.75) is 109 Å². The Balaban J connectivity index is 1.93. The van der Waals surface area contributed by atoms with Gasteiger partial charge in [0.15, 0.2) is 0 Å². The maximum Gasteiger partial charge on any atom is 0.353 e. The van der Waals surface area contributed by atoms with Gasteiger partial charge in [-0.15, -0.1) is 0 Å². The molecule has 12 heteroatoms. The first kappa shape index (κ1) is 35.7. The van der Waals surface area contributed by atoms with E-state index in [0.717, 1.165) is 36.3 Å². The van der Waals surface area contributed by atoms with Gasteiger partial charge in [0.1, 0.15) is 6.35 Å². The van der Waals surface area contributed by atoms with Crippen LogP contribution in [0.1, 0.15) is 96.3 Å². The number of aromatic amines is 1. The minimum Gasteiger partial charge on any atom is -0.394 e. The van der Waals surface area contributed by atoms with E-state index in [4.69, 9.17) is 14.0 Å². The van der Waals surface area contributed by atoms with Crippen LogP contribution in [0.4, 0.5) is 4.39 Å². The van der Waals surface area contributed by atoms with Gasteiger partial charge in [0.2, 0.25) is 0 Å². The van der Waals surface area contributed by atoms with Crippen LogP contribution in [0.5, 0.6) is 0 Å². The fraction of sp³-hybridized carbons (Fsp3) is 0.852. The third-order valence-electron chi connectivity index (χ3n) is 6.37. The van der Waals surface area contributed by atoms with E-state index in [9.17, 15) is 28.5 Å². The number of alkyl halides is 1. The van der Waals surface area contributed by atoms with Gasteiger partial charge in [0, 0.05) is 25.5 Å². The predicted molar refractivity (Wildman–Crippen MR) is 150 cm³/mol. The maximum atomic E-state index is 12.1. The smallest absolute Gasteiger partial charge is 0.353 e. The summed E-state index contributed by atoms with van der Waals surface area (Å²) in [4.78, 5) is 34.8. The molecule has 228 valence electrons. The normalized spacial score (nSPS) is 13.9. The van der Waals surface area contributed by atoms with Gasteiger partial charge in [-0.05, 0) is 19.3 Å². The molecule has 0 aliphatic rings. The van der Waals surface area contributed by atoms with Gasteiger partial charge >= 0.3 is 13.3 Å². The first-order valence-electron chi connectivity index (χ1n) is 14.5. The van der Waals surface area contributed by atoms with E-state index in [1.165, 1.54) is 70.4 Å². The average molecular weight is 581 g/mol. The Hall–Kier alpha value is -1.36. The highest BCUT2D eigenvalue weighted by atomic mass is 31.2. The summed E-state index contributed by atoms with van der Waals surface area (Å²) in [6, 6.07) is 1.16. The van der Waals surface area contributed by atoms with Gasteiger partial charge in [0.25, 0.3) is 5.56 Å². The highest BCUT2D eigenvalue weighted by molar-refractivity contribution is 7.52. The number of unbranched alkanes of at least 4 members (excludes halogenated alkanes) is 13. The monoisotopic (exact) mass is 580 g/mol. The van der Waals surface area contributed by atoms with E-state index in [-0.39, 0.29) is 19.8 Å². The van der Waals surface area contributed by atoms with Gasteiger partial charge in [-0.3, -0.25) is 23.3 Å². The third-order valence-corrected chi connectivity index (χ3v) is 7.43. The Kier molecular flexibility index (Phi) is 21.4. The molecule has 0 spiro atoms. The van der Waals surface area contributed by atoms with Crippen LogP contribution in [0.2, 0.25) is 0 Å². The molecular weight excluding hydrogens is 530 g/mol. The molecule has 0 amide bonds. The number of halogens is 1. The fourth-order valence-electron chi connectivity index (χ4n) is 4.10. The quantitative estimate of drug-likeness (QED) is 0.0985. The third kappa shape index (κ3) is 20.2. The number of hydrogen-bond acceptors (Lipinski definition) is 7. The van der Waals surface area contributed by atoms with Crippen molar-refractivity contribution < 1.29 is 33.0 Å². The number of hydrogen-bond donors (Lipinski definition) is 3. The Bertz CT molecular complexity index is 882. The van der Waals surface area contributed by atoms with Crippen LogP contribution in [-0.2, 0) is 25.1 Å². The first-order valence-corrected chi connectivity index (χ1v) is 16.3. The van der Waals surface area contributed by atoms with Crippen LogP contribution < -0.4 is 11.2 Å². The fourth-order valence-corrected chi connectivity index (χ4v) is 4.99. The van der Waals surface area contributed by atoms with Crippen molar-refractivity contribution in [2.24, 2.45) is 0 Å². The molecule has 10 nitrogen and oxygen atoms in total. The van der Waals surface area contributed by atoms with Crippen LogP contribution in [0.25, 0.3) is 0 Å². The minimum atomic E-state index is -4.02. The lowest BCUT2D eigenvalue weighted by Crippen LogP contribution is -2.34. The van der Waals surface area contributed by atoms with E-state index in [1.54, 1.807) is 0 Å². The average Bonchev–Trinajstić information content (AvgIpc) is 2.91. The van der Waals surface area contributed by atoms with E-state index < -0.39 is 37.9 Å². The zero-order chi connectivity index (χ0) is 28.6. The number of nitrogens with one attached hydrogen (secondary N) is 1. The number of H-pyrrole nitrogens is 1. The zero-order valence-electron chi connectivity index (χ0n) is 23.4.